The Morgan fingerprint density at radius 3 is 2.45 bits per heavy atom. The van der Waals surface area contributed by atoms with Crippen LogP contribution in [-0.2, 0) is 9.59 Å². The second-order valence-corrected chi connectivity index (χ2v) is 8.22. The van der Waals surface area contributed by atoms with E-state index < -0.39 is 5.41 Å². The molecule has 22 heavy (non-hydrogen) atoms. The highest BCUT2D eigenvalue weighted by atomic mass is 32.1. The predicted octanol–water partition coefficient (Wildman–Crippen LogP) is 3.31. The summed E-state index contributed by atoms with van der Waals surface area (Å²) in [5, 5.41) is 3.34. The maximum Gasteiger partial charge on any atom is 0.245 e. The van der Waals surface area contributed by atoms with E-state index in [0.29, 0.717) is 17.6 Å². The largest absolute Gasteiger partial charge is 0.333 e. The first-order chi connectivity index (χ1) is 10.1. The van der Waals surface area contributed by atoms with Crippen LogP contribution in [0.5, 0.6) is 0 Å². The van der Waals surface area contributed by atoms with Gasteiger partial charge in [0, 0.05) is 23.0 Å². The molecule has 0 aromatic carbocycles. The van der Waals surface area contributed by atoms with E-state index in [-0.39, 0.29) is 18.4 Å². The van der Waals surface area contributed by atoms with Gasteiger partial charge in [0.05, 0.1) is 6.54 Å². The summed E-state index contributed by atoms with van der Waals surface area (Å²) >= 11 is 1.43. The molecule has 0 saturated carbocycles. The summed E-state index contributed by atoms with van der Waals surface area (Å²) in [6.07, 6.45) is 2.60. The van der Waals surface area contributed by atoms with Crippen LogP contribution in [-0.4, -0.2) is 34.8 Å². The Morgan fingerprint density at radius 1 is 1.36 bits per heavy atom. The van der Waals surface area contributed by atoms with Crippen molar-refractivity contribution >= 4 is 28.3 Å². The summed E-state index contributed by atoms with van der Waals surface area (Å²) in [5.41, 5.74) is -0.491. The molecule has 0 aliphatic rings. The van der Waals surface area contributed by atoms with E-state index in [1.165, 1.54) is 11.3 Å². The van der Waals surface area contributed by atoms with Crippen molar-refractivity contribution in [3.8, 4) is 0 Å². The first-order valence-corrected chi connectivity index (χ1v) is 8.43. The van der Waals surface area contributed by atoms with Gasteiger partial charge in [-0.25, -0.2) is 4.98 Å². The van der Waals surface area contributed by atoms with Gasteiger partial charge in [0.15, 0.2) is 5.13 Å². The Bertz CT molecular complexity index is 518. The molecule has 0 unspecified atom stereocenters. The smallest absolute Gasteiger partial charge is 0.245 e. The fourth-order valence-electron chi connectivity index (χ4n) is 1.89. The molecular weight excluding hydrogens is 298 g/mol. The number of thiazole rings is 1. The Hall–Kier alpha value is -1.43. The van der Waals surface area contributed by atoms with Gasteiger partial charge in [-0.2, -0.15) is 0 Å². The molecule has 0 saturated heterocycles. The molecule has 0 spiro atoms. The van der Waals surface area contributed by atoms with E-state index in [2.05, 4.69) is 24.1 Å². The topological polar surface area (TPSA) is 62.3 Å². The zero-order valence-electron chi connectivity index (χ0n) is 14.4. The van der Waals surface area contributed by atoms with Crippen LogP contribution < -0.4 is 5.32 Å². The van der Waals surface area contributed by atoms with Gasteiger partial charge < -0.3 is 10.2 Å². The monoisotopic (exact) mass is 325 g/mol. The maximum absolute atomic E-state index is 12.5. The lowest BCUT2D eigenvalue weighted by Crippen LogP contribution is -2.44. The number of hydrogen-bond donors (Lipinski definition) is 1. The van der Waals surface area contributed by atoms with Gasteiger partial charge in [-0.3, -0.25) is 9.59 Å². The van der Waals surface area contributed by atoms with Crippen molar-refractivity contribution in [2.75, 3.05) is 18.4 Å². The molecule has 1 N–H and O–H groups in total. The SMILES string of the molecule is Cc1cnc(NC(=O)CN(CCC(C)C)C(=O)C(C)(C)C)s1. The maximum atomic E-state index is 12.5. The Kier molecular flexibility index (Phi) is 6.53. The van der Waals surface area contributed by atoms with E-state index in [1.54, 1.807) is 11.1 Å². The first kappa shape index (κ1) is 18.6. The van der Waals surface area contributed by atoms with Crippen molar-refractivity contribution in [2.45, 2.75) is 48.0 Å². The van der Waals surface area contributed by atoms with Gasteiger partial charge >= 0.3 is 0 Å². The number of carbonyl (C=O) groups excluding carboxylic acids is 2. The highest BCUT2D eigenvalue weighted by Crippen LogP contribution is 2.19. The van der Waals surface area contributed by atoms with E-state index >= 15 is 0 Å². The minimum absolute atomic E-state index is 0.00128. The number of nitrogens with zero attached hydrogens (tertiary/aromatic N) is 2. The number of rotatable bonds is 6. The highest BCUT2D eigenvalue weighted by Gasteiger charge is 2.28. The van der Waals surface area contributed by atoms with Crippen LogP contribution in [0.1, 0.15) is 45.9 Å². The number of carbonyl (C=O) groups is 2. The average molecular weight is 325 g/mol. The fourth-order valence-corrected chi connectivity index (χ4v) is 2.57. The second-order valence-electron chi connectivity index (χ2n) is 6.98. The van der Waals surface area contributed by atoms with Crippen LogP contribution in [0.3, 0.4) is 0 Å². The molecule has 1 aromatic rings. The number of aryl methyl sites for hydroxylation is 1. The number of hydrogen-bond acceptors (Lipinski definition) is 4. The molecule has 0 fully saturated rings. The quantitative estimate of drug-likeness (QED) is 0.873. The van der Waals surface area contributed by atoms with Crippen molar-refractivity contribution in [1.29, 1.82) is 0 Å². The highest BCUT2D eigenvalue weighted by molar-refractivity contribution is 7.15. The molecule has 5 nitrogen and oxygen atoms in total. The third kappa shape index (κ3) is 6.13. The van der Waals surface area contributed by atoms with E-state index in [0.717, 1.165) is 11.3 Å². The molecule has 2 amide bonds. The first-order valence-electron chi connectivity index (χ1n) is 7.61. The third-order valence-corrected chi connectivity index (χ3v) is 3.94. The average Bonchev–Trinajstić information content (AvgIpc) is 2.77. The van der Waals surface area contributed by atoms with Crippen molar-refractivity contribution in [2.24, 2.45) is 11.3 Å². The molecule has 124 valence electrons. The van der Waals surface area contributed by atoms with Crippen molar-refractivity contribution in [3.63, 3.8) is 0 Å². The molecule has 0 aliphatic carbocycles. The molecule has 0 atom stereocenters. The Labute approximate surface area is 137 Å². The number of aromatic nitrogens is 1. The Morgan fingerprint density at radius 2 is 2.00 bits per heavy atom. The normalized spacial score (nSPS) is 11.6. The van der Waals surface area contributed by atoms with Gasteiger partial charge in [-0.15, -0.1) is 11.3 Å². The van der Waals surface area contributed by atoms with Crippen LogP contribution in [0.25, 0.3) is 0 Å². The van der Waals surface area contributed by atoms with Crippen LogP contribution in [0.15, 0.2) is 6.20 Å². The van der Waals surface area contributed by atoms with Crippen LogP contribution >= 0.6 is 11.3 Å². The zero-order chi connectivity index (χ0) is 16.9. The van der Waals surface area contributed by atoms with Gasteiger partial charge in [-0.1, -0.05) is 34.6 Å². The van der Waals surface area contributed by atoms with Gasteiger partial charge in [0.1, 0.15) is 0 Å². The second kappa shape index (κ2) is 7.72. The van der Waals surface area contributed by atoms with Crippen LogP contribution in [0.2, 0.25) is 0 Å². The van der Waals surface area contributed by atoms with E-state index in [4.69, 9.17) is 0 Å². The fraction of sp³-hybridized carbons (Fsp3) is 0.688. The van der Waals surface area contributed by atoms with Crippen LogP contribution in [0, 0.1) is 18.3 Å². The standard InChI is InChI=1S/C16H27N3O2S/c1-11(2)7-8-19(14(21)16(4,5)6)10-13(20)18-15-17-9-12(3)22-15/h9,11H,7-8,10H2,1-6H3,(H,17,18,20). The lowest BCUT2D eigenvalue weighted by atomic mass is 9.94. The van der Waals surface area contributed by atoms with Gasteiger partial charge in [-0.05, 0) is 19.3 Å². The molecular formula is C16H27N3O2S. The lowest BCUT2D eigenvalue weighted by Gasteiger charge is -2.29. The minimum Gasteiger partial charge on any atom is -0.333 e. The van der Waals surface area contributed by atoms with Crippen molar-refractivity contribution in [1.82, 2.24) is 9.88 Å². The molecule has 1 aromatic heterocycles. The third-order valence-electron chi connectivity index (χ3n) is 3.11. The van der Waals surface area contributed by atoms with E-state index in [1.807, 2.05) is 27.7 Å². The summed E-state index contributed by atoms with van der Waals surface area (Å²) in [5.74, 6) is 0.286. The van der Waals surface area contributed by atoms with Crippen LogP contribution in [0.4, 0.5) is 5.13 Å². The molecule has 1 heterocycles. The molecule has 0 radical (unpaired) electrons. The summed E-state index contributed by atoms with van der Waals surface area (Å²) in [4.78, 5) is 31.5. The molecule has 1 rings (SSSR count). The number of amides is 2. The summed E-state index contributed by atoms with van der Waals surface area (Å²) in [7, 11) is 0. The number of anilines is 1. The van der Waals surface area contributed by atoms with Crippen molar-refractivity contribution in [3.05, 3.63) is 11.1 Å². The minimum atomic E-state index is -0.491. The summed E-state index contributed by atoms with van der Waals surface area (Å²) < 4.78 is 0. The molecule has 0 bridgehead atoms. The Balaban J connectivity index is 2.70. The molecule has 6 heteroatoms. The van der Waals surface area contributed by atoms with Crippen molar-refractivity contribution < 1.29 is 9.59 Å². The van der Waals surface area contributed by atoms with E-state index in [9.17, 15) is 9.59 Å². The summed E-state index contributed by atoms with van der Waals surface area (Å²) in [6.45, 7) is 12.4. The van der Waals surface area contributed by atoms with Gasteiger partial charge in [0.25, 0.3) is 0 Å². The number of nitrogens with one attached hydrogen (secondary N) is 1. The van der Waals surface area contributed by atoms with Gasteiger partial charge in [0.2, 0.25) is 11.8 Å². The lowest BCUT2D eigenvalue weighted by molar-refractivity contribution is -0.142. The zero-order valence-corrected chi connectivity index (χ0v) is 15.2. The summed E-state index contributed by atoms with van der Waals surface area (Å²) in [6, 6.07) is 0. The molecule has 0 aliphatic heterocycles. The predicted molar refractivity (Wildman–Crippen MR) is 91.0 cm³/mol.